The quantitative estimate of drug-likeness (QED) is 0.860. The molecule has 0 radical (unpaired) electrons. The molecule has 4 heteroatoms. The smallest absolute Gasteiger partial charge is 0.254 e. The Morgan fingerprint density at radius 3 is 2.69 bits per heavy atom. The molecule has 0 aliphatic rings. The van der Waals surface area contributed by atoms with E-state index in [0.29, 0.717) is 5.25 Å². The summed E-state index contributed by atoms with van der Waals surface area (Å²) >= 11 is 1.83. The van der Waals surface area contributed by atoms with Gasteiger partial charge in [-0.2, -0.15) is 11.8 Å². The fourth-order valence-corrected chi connectivity index (χ4v) is 2.20. The molecule has 1 atom stereocenters. The summed E-state index contributed by atoms with van der Waals surface area (Å²) in [6.07, 6.45) is 1.96. The molecule has 1 N–H and O–H groups in total. The van der Waals surface area contributed by atoms with E-state index in [2.05, 4.69) is 23.8 Å². The van der Waals surface area contributed by atoms with E-state index in [1.54, 1.807) is 0 Å². The van der Waals surface area contributed by atoms with E-state index in [0.717, 1.165) is 35.7 Å². The Morgan fingerprint density at radius 1 is 1.44 bits per heavy atom. The maximum Gasteiger partial charge on any atom is 0.254 e. The van der Waals surface area contributed by atoms with E-state index >= 15 is 0 Å². The van der Waals surface area contributed by atoms with Crippen LogP contribution in [0.1, 0.15) is 44.3 Å². The summed E-state index contributed by atoms with van der Waals surface area (Å²) in [5, 5.41) is 0.608. The Morgan fingerprint density at radius 2 is 2.12 bits per heavy atom. The number of aromatic nitrogens is 2. The van der Waals surface area contributed by atoms with Crippen LogP contribution in [0.25, 0.3) is 0 Å². The molecule has 0 amide bonds. The molecule has 0 aromatic carbocycles. The number of aromatic amines is 1. The number of nitrogens with one attached hydrogen (secondary N) is 1. The second-order valence-corrected chi connectivity index (χ2v) is 5.39. The van der Waals surface area contributed by atoms with Crippen LogP contribution >= 0.6 is 11.8 Å². The molecule has 3 nitrogen and oxygen atoms in total. The van der Waals surface area contributed by atoms with Gasteiger partial charge in [-0.3, -0.25) is 4.79 Å². The van der Waals surface area contributed by atoms with E-state index in [1.165, 1.54) is 0 Å². The number of hydrogen-bond acceptors (Lipinski definition) is 3. The van der Waals surface area contributed by atoms with Crippen molar-refractivity contribution in [2.45, 2.75) is 51.5 Å². The van der Waals surface area contributed by atoms with E-state index in [9.17, 15) is 4.79 Å². The third kappa shape index (κ3) is 3.37. The van der Waals surface area contributed by atoms with Crippen LogP contribution in [0, 0.1) is 6.92 Å². The Labute approximate surface area is 101 Å². The average Bonchev–Trinajstić information content (AvgIpc) is 2.29. The molecule has 1 aromatic heterocycles. The van der Waals surface area contributed by atoms with Crippen LogP contribution in [0.4, 0.5) is 0 Å². The maximum absolute atomic E-state index is 11.6. The van der Waals surface area contributed by atoms with Gasteiger partial charge in [0.05, 0.1) is 11.4 Å². The van der Waals surface area contributed by atoms with Crippen molar-refractivity contribution in [3.63, 3.8) is 0 Å². The predicted octanol–water partition coefficient (Wildman–Crippen LogP) is 2.67. The zero-order valence-electron chi connectivity index (χ0n) is 10.5. The molecule has 90 valence electrons. The van der Waals surface area contributed by atoms with Crippen molar-refractivity contribution in [2.75, 3.05) is 0 Å². The molecule has 0 saturated heterocycles. The number of rotatable bonds is 5. The Hall–Kier alpha value is -0.770. The summed E-state index contributed by atoms with van der Waals surface area (Å²) in [5.41, 5.74) is 1.68. The molecule has 0 spiro atoms. The Bertz CT molecular complexity index is 400. The molecule has 0 bridgehead atoms. The van der Waals surface area contributed by atoms with Crippen molar-refractivity contribution in [3.8, 4) is 0 Å². The third-order valence-corrected chi connectivity index (χ3v) is 4.06. The van der Waals surface area contributed by atoms with Gasteiger partial charge in [-0.05, 0) is 19.8 Å². The van der Waals surface area contributed by atoms with Crippen molar-refractivity contribution in [2.24, 2.45) is 0 Å². The number of aryl methyl sites for hydroxylation is 1. The number of nitrogens with zero attached hydrogens (tertiary/aromatic N) is 1. The van der Waals surface area contributed by atoms with E-state index < -0.39 is 0 Å². The summed E-state index contributed by atoms with van der Waals surface area (Å²) in [4.78, 5) is 19.0. The summed E-state index contributed by atoms with van der Waals surface area (Å²) in [6, 6.07) is 0. The number of hydrogen-bond donors (Lipinski definition) is 1. The first kappa shape index (κ1) is 13.3. The number of H-pyrrole nitrogens is 1. The van der Waals surface area contributed by atoms with Gasteiger partial charge in [-0.1, -0.05) is 20.8 Å². The van der Waals surface area contributed by atoms with Crippen LogP contribution in [0.5, 0.6) is 0 Å². The first-order chi connectivity index (χ1) is 7.58. The van der Waals surface area contributed by atoms with Crippen molar-refractivity contribution in [1.29, 1.82) is 0 Å². The van der Waals surface area contributed by atoms with Crippen molar-refractivity contribution in [3.05, 3.63) is 27.4 Å². The molecular formula is C12H20N2OS. The molecule has 16 heavy (non-hydrogen) atoms. The maximum atomic E-state index is 11.6. The predicted molar refractivity (Wildman–Crippen MR) is 70.0 cm³/mol. The first-order valence-electron chi connectivity index (χ1n) is 5.78. The Kier molecular flexibility index (Phi) is 5.06. The Balaban J connectivity index is 2.82. The van der Waals surface area contributed by atoms with Gasteiger partial charge in [0.1, 0.15) is 5.82 Å². The second kappa shape index (κ2) is 6.09. The van der Waals surface area contributed by atoms with Crippen molar-refractivity contribution >= 4 is 11.8 Å². The molecule has 1 rings (SSSR count). The lowest BCUT2D eigenvalue weighted by atomic mass is 10.2. The van der Waals surface area contributed by atoms with Crippen LogP contribution in [0.15, 0.2) is 4.79 Å². The lowest BCUT2D eigenvalue weighted by Crippen LogP contribution is -2.17. The molecule has 1 unspecified atom stereocenters. The minimum absolute atomic E-state index is 0.00611. The van der Waals surface area contributed by atoms with Crippen LogP contribution in [0.2, 0.25) is 0 Å². The highest BCUT2D eigenvalue weighted by Crippen LogP contribution is 2.17. The molecule has 0 fully saturated rings. The summed E-state index contributed by atoms with van der Waals surface area (Å²) in [5.74, 6) is 1.59. The molecule has 0 aliphatic heterocycles. The first-order valence-corrected chi connectivity index (χ1v) is 6.83. The minimum atomic E-state index is 0.00611. The highest BCUT2D eigenvalue weighted by molar-refractivity contribution is 7.99. The van der Waals surface area contributed by atoms with E-state index in [1.807, 2.05) is 25.6 Å². The third-order valence-electron chi connectivity index (χ3n) is 2.72. The topological polar surface area (TPSA) is 45.8 Å². The summed E-state index contributed by atoms with van der Waals surface area (Å²) in [6.45, 7) is 8.22. The zero-order valence-corrected chi connectivity index (χ0v) is 11.3. The van der Waals surface area contributed by atoms with Gasteiger partial charge in [0, 0.05) is 10.8 Å². The monoisotopic (exact) mass is 240 g/mol. The van der Waals surface area contributed by atoms with Crippen molar-refractivity contribution < 1.29 is 0 Å². The van der Waals surface area contributed by atoms with Crippen molar-refractivity contribution in [1.82, 2.24) is 9.97 Å². The van der Waals surface area contributed by atoms with E-state index in [-0.39, 0.29) is 5.56 Å². The highest BCUT2D eigenvalue weighted by Gasteiger charge is 2.07. The van der Waals surface area contributed by atoms with Gasteiger partial charge in [-0.25, -0.2) is 4.98 Å². The lowest BCUT2D eigenvalue weighted by molar-refractivity contribution is 0.880. The zero-order chi connectivity index (χ0) is 12.1. The SMILES string of the molecule is CCc1nc(CSC(C)CC)[nH]c(=O)c1C. The van der Waals surface area contributed by atoms with Gasteiger partial charge >= 0.3 is 0 Å². The number of thioether (sulfide) groups is 1. The average molecular weight is 240 g/mol. The van der Waals surface area contributed by atoms with Gasteiger partial charge in [0.25, 0.3) is 5.56 Å². The molecule has 1 heterocycles. The second-order valence-electron chi connectivity index (χ2n) is 3.97. The fourth-order valence-electron chi connectivity index (χ4n) is 1.38. The van der Waals surface area contributed by atoms with Crippen LogP contribution in [0.3, 0.4) is 0 Å². The molecule has 0 saturated carbocycles. The van der Waals surface area contributed by atoms with Gasteiger partial charge in [0.2, 0.25) is 0 Å². The van der Waals surface area contributed by atoms with Crippen LogP contribution < -0.4 is 5.56 Å². The van der Waals surface area contributed by atoms with Crippen LogP contribution in [-0.2, 0) is 12.2 Å². The molecule has 0 aliphatic carbocycles. The molecule has 1 aromatic rings. The lowest BCUT2D eigenvalue weighted by Gasteiger charge is -2.09. The normalized spacial score (nSPS) is 12.8. The summed E-state index contributed by atoms with van der Waals surface area (Å²) in [7, 11) is 0. The van der Waals surface area contributed by atoms with Crippen LogP contribution in [-0.4, -0.2) is 15.2 Å². The van der Waals surface area contributed by atoms with Gasteiger partial charge in [0.15, 0.2) is 0 Å². The standard InChI is InChI=1S/C12H20N2OS/c1-5-8(3)16-7-11-13-10(6-2)9(4)12(15)14-11/h8H,5-7H2,1-4H3,(H,13,14,15). The fraction of sp³-hybridized carbons (Fsp3) is 0.667. The highest BCUT2D eigenvalue weighted by atomic mass is 32.2. The summed E-state index contributed by atoms with van der Waals surface area (Å²) < 4.78 is 0. The van der Waals surface area contributed by atoms with Gasteiger partial charge < -0.3 is 4.98 Å². The van der Waals surface area contributed by atoms with E-state index in [4.69, 9.17) is 0 Å². The largest absolute Gasteiger partial charge is 0.310 e. The molecular weight excluding hydrogens is 220 g/mol. The minimum Gasteiger partial charge on any atom is -0.310 e. The van der Waals surface area contributed by atoms with Gasteiger partial charge in [-0.15, -0.1) is 0 Å².